The number of aromatic nitrogens is 3. The number of nitrogens with zero attached hydrogens (tertiary/aromatic N) is 4. The van der Waals surface area contributed by atoms with Gasteiger partial charge in [-0.3, -0.25) is 9.36 Å². The highest BCUT2D eigenvalue weighted by Crippen LogP contribution is 2.46. The highest BCUT2D eigenvalue weighted by Gasteiger charge is 2.51. The number of aromatic hydroxyl groups is 1. The fraction of sp³-hybridized carbons (Fsp3) is 0.323. The van der Waals surface area contributed by atoms with Gasteiger partial charge >= 0.3 is 5.69 Å². The highest BCUT2D eigenvalue weighted by atomic mass is 35.5. The quantitative estimate of drug-likeness (QED) is 0.344. The van der Waals surface area contributed by atoms with E-state index in [-0.39, 0.29) is 28.4 Å². The summed E-state index contributed by atoms with van der Waals surface area (Å²) in [6, 6.07) is 11.2. The van der Waals surface area contributed by atoms with E-state index >= 15 is 0 Å². The molecule has 2 aromatic carbocycles. The first-order valence-corrected chi connectivity index (χ1v) is 14.0. The van der Waals surface area contributed by atoms with Gasteiger partial charge in [-0.15, -0.1) is 0 Å². The largest absolute Gasteiger partial charge is 0.507 e. The molecule has 2 atom stereocenters. The van der Waals surface area contributed by atoms with Crippen molar-refractivity contribution in [3.63, 3.8) is 0 Å². The molecule has 2 N–H and O–H groups in total. The van der Waals surface area contributed by atoms with Gasteiger partial charge in [-0.25, -0.2) is 14.2 Å². The topological polar surface area (TPSA) is 92.4 Å². The number of nitrogens with one attached hydrogen (secondary N) is 1. The number of fused-ring (bicyclic) bond motifs is 2. The molecule has 10 heteroatoms. The molecule has 0 spiro atoms. The molecule has 212 valence electrons. The average molecular weight is 576 g/mol. The lowest BCUT2D eigenvalue weighted by molar-refractivity contribution is -0.121. The van der Waals surface area contributed by atoms with Crippen molar-refractivity contribution in [1.29, 1.82) is 0 Å². The Kier molecular flexibility index (Phi) is 6.65. The second-order valence-corrected chi connectivity index (χ2v) is 11.7. The number of imidazole rings is 1. The molecule has 1 saturated carbocycles. The molecule has 2 bridgehead atoms. The number of aryl methyl sites for hydroxylation is 1. The zero-order chi connectivity index (χ0) is 29.1. The summed E-state index contributed by atoms with van der Waals surface area (Å²) in [6.45, 7) is 5.20. The normalized spacial score (nSPS) is 21.7. The molecule has 6 rings (SSSR count). The molecule has 2 fully saturated rings. The van der Waals surface area contributed by atoms with E-state index in [0.717, 1.165) is 31.7 Å². The van der Waals surface area contributed by atoms with Crippen molar-refractivity contribution in [2.75, 3.05) is 18.0 Å². The SMILES string of the molecule is CC(=O)NC1(C)C2CCC1CN(c1cc(-c3cc(F)cc(-c4ccc(-n5ccn(C)c5=O)c(Cl)c4)c3O)ccn1)C2. The Morgan fingerprint density at radius 3 is 2.32 bits per heavy atom. The molecule has 1 saturated heterocycles. The Bertz CT molecular complexity index is 1720. The number of pyridine rings is 1. The van der Waals surface area contributed by atoms with E-state index in [2.05, 4.69) is 22.1 Å². The monoisotopic (exact) mass is 575 g/mol. The van der Waals surface area contributed by atoms with Crippen LogP contribution in [0.25, 0.3) is 27.9 Å². The molecule has 2 aromatic heterocycles. The number of hydrogen-bond donors (Lipinski definition) is 2. The maximum atomic E-state index is 15.0. The molecular formula is C31H31ClFN5O3. The fourth-order valence-electron chi connectivity index (χ4n) is 6.59. The van der Waals surface area contributed by atoms with Gasteiger partial charge in [-0.2, -0.15) is 0 Å². The highest BCUT2D eigenvalue weighted by molar-refractivity contribution is 6.32. The Morgan fingerprint density at radius 1 is 1.07 bits per heavy atom. The number of amides is 1. The van der Waals surface area contributed by atoms with Crippen LogP contribution < -0.4 is 15.9 Å². The predicted octanol–water partition coefficient (Wildman–Crippen LogP) is 5.14. The molecule has 41 heavy (non-hydrogen) atoms. The van der Waals surface area contributed by atoms with Crippen molar-refractivity contribution >= 4 is 23.3 Å². The van der Waals surface area contributed by atoms with Gasteiger partial charge in [0.1, 0.15) is 17.4 Å². The second kappa shape index (κ2) is 10.1. The van der Waals surface area contributed by atoms with Crippen LogP contribution in [0.2, 0.25) is 5.02 Å². The van der Waals surface area contributed by atoms with E-state index in [0.29, 0.717) is 39.2 Å². The van der Waals surface area contributed by atoms with E-state index in [1.807, 2.05) is 6.07 Å². The first kappa shape index (κ1) is 27.1. The minimum absolute atomic E-state index is 0.0136. The Morgan fingerprint density at radius 2 is 1.73 bits per heavy atom. The summed E-state index contributed by atoms with van der Waals surface area (Å²) in [5, 5.41) is 14.8. The number of piperidine rings is 1. The molecule has 8 nitrogen and oxygen atoms in total. The lowest BCUT2D eigenvalue weighted by Gasteiger charge is -2.46. The van der Waals surface area contributed by atoms with Gasteiger partial charge in [-0.05, 0) is 79.1 Å². The number of hydrogen-bond acceptors (Lipinski definition) is 5. The van der Waals surface area contributed by atoms with Crippen molar-refractivity contribution in [3.05, 3.63) is 82.4 Å². The molecule has 3 heterocycles. The van der Waals surface area contributed by atoms with Crippen LogP contribution in [0.4, 0.5) is 10.2 Å². The van der Waals surface area contributed by atoms with Gasteiger partial charge in [0.05, 0.1) is 10.7 Å². The van der Waals surface area contributed by atoms with Crippen LogP contribution in [0.1, 0.15) is 26.7 Å². The van der Waals surface area contributed by atoms with Crippen molar-refractivity contribution in [1.82, 2.24) is 19.4 Å². The molecule has 2 unspecified atom stereocenters. The van der Waals surface area contributed by atoms with Gasteiger partial charge < -0.3 is 19.9 Å². The van der Waals surface area contributed by atoms with E-state index < -0.39 is 5.82 Å². The van der Waals surface area contributed by atoms with Gasteiger partial charge in [0.2, 0.25) is 5.91 Å². The number of phenolic OH excluding ortho intramolecular Hbond substituents is 1. The zero-order valence-electron chi connectivity index (χ0n) is 23.1. The number of halogens is 2. The van der Waals surface area contributed by atoms with Crippen molar-refractivity contribution in [2.24, 2.45) is 18.9 Å². The minimum Gasteiger partial charge on any atom is -0.507 e. The average Bonchev–Trinajstić information content (AvgIpc) is 3.29. The first-order chi connectivity index (χ1) is 19.5. The van der Waals surface area contributed by atoms with Gasteiger partial charge in [0.15, 0.2) is 0 Å². The van der Waals surface area contributed by atoms with E-state index in [9.17, 15) is 19.1 Å². The molecule has 4 aromatic rings. The first-order valence-electron chi connectivity index (χ1n) is 13.6. The maximum Gasteiger partial charge on any atom is 0.332 e. The number of carbonyl (C=O) groups is 1. The van der Waals surface area contributed by atoms with Crippen LogP contribution in [0.5, 0.6) is 5.75 Å². The van der Waals surface area contributed by atoms with E-state index in [4.69, 9.17) is 11.6 Å². The van der Waals surface area contributed by atoms with Gasteiger partial charge in [-0.1, -0.05) is 17.7 Å². The predicted molar refractivity (Wildman–Crippen MR) is 157 cm³/mol. The summed E-state index contributed by atoms with van der Waals surface area (Å²) in [4.78, 5) is 31.1. The van der Waals surface area contributed by atoms with Crippen LogP contribution in [0.3, 0.4) is 0 Å². The van der Waals surface area contributed by atoms with Crippen LogP contribution in [-0.4, -0.2) is 43.8 Å². The summed E-state index contributed by atoms with van der Waals surface area (Å²) in [6.07, 6.45) is 6.99. The third-order valence-corrected chi connectivity index (χ3v) is 9.11. The number of carbonyl (C=O) groups excluding carboxylic acids is 1. The fourth-order valence-corrected chi connectivity index (χ4v) is 6.86. The summed E-state index contributed by atoms with van der Waals surface area (Å²) in [7, 11) is 1.65. The number of phenols is 1. The molecular weight excluding hydrogens is 545 g/mol. The van der Waals surface area contributed by atoms with Crippen LogP contribution in [0, 0.1) is 17.7 Å². The van der Waals surface area contributed by atoms with Gasteiger partial charge in [0.25, 0.3) is 0 Å². The van der Waals surface area contributed by atoms with Crippen molar-refractivity contribution in [3.8, 4) is 33.7 Å². The standard InChI is InChI=1S/C31H31ClFN5O3/c1-18(39)35-31(2)21-5-6-22(31)17-37(16-21)28-13-20(8-9-34-28)25-15-23(33)14-24(29(25)40)19-4-7-27(26(32)12-19)38-11-10-36(3)30(38)41/h4,7-15,21-22,40H,5-6,16-17H2,1-3H3,(H,35,39). The summed E-state index contributed by atoms with van der Waals surface area (Å²) >= 11 is 6.55. The van der Waals surface area contributed by atoms with E-state index in [1.54, 1.807) is 56.8 Å². The van der Waals surface area contributed by atoms with Crippen molar-refractivity contribution < 1.29 is 14.3 Å². The summed E-state index contributed by atoms with van der Waals surface area (Å²) in [5.74, 6) is 0.734. The maximum absolute atomic E-state index is 15.0. The molecule has 1 aliphatic carbocycles. The van der Waals surface area contributed by atoms with Crippen LogP contribution >= 0.6 is 11.6 Å². The molecule has 2 aliphatic rings. The number of benzene rings is 2. The second-order valence-electron chi connectivity index (χ2n) is 11.3. The Labute approximate surface area is 242 Å². The third kappa shape index (κ3) is 4.68. The Hall–Kier alpha value is -4.11. The number of rotatable bonds is 5. The number of anilines is 1. The Balaban J connectivity index is 1.32. The molecule has 1 aliphatic heterocycles. The van der Waals surface area contributed by atoms with E-state index in [1.165, 1.54) is 21.3 Å². The van der Waals surface area contributed by atoms with Crippen molar-refractivity contribution in [2.45, 2.75) is 32.2 Å². The molecule has 1 amide bonds. The third-order valence-electron chi connectivity index (χ3n) is 8.81. The lowest BCUT2D eigenvalue weighted by Crippen LogP contribution is -2.61. The lowest BCUT2D eigenvalue weighted by atomic mass is 9.78. The molecule has 0 radical (unpaired) electrons. The minimum atomic E-state index is -0.507. The van der Waals surface area contributed by atoms with Crippen LogP contribution in [-0.2, 0) is 11.8 Å². The van der Waals surface area contributed by atoms with Gasteiger partial charge in [0, 0.05) is 62.3 Å². The summed E-state index contributed by atoms with van der Waals surface area (Å²) in [5.41, 5.74) is 1.78. The van der Waals surface area contributed by atoms with Crippen LogP contribution in [0.15, 0.2) is 65.8 Å². The zero-order valence-corrected chi connectivity index (χ0v) is 23.8. The smallest absolute Gasteiger partial charge is 0.332 e. The summed E-state index contributed by atoms with van der Waals surface area (Å²) < 4.78 is 17.8.